The fraction of sp³-hybridized carbons (Fsp3) is 0.438. The van der Waals surface area contributed by atoms with Crippen LogP contribution in [-0.4, -0.2) is 41.3 Å². The number of thioether (sulfide) groups is 1. The summed E-state index contributed by atoms with van der Waals surface area (Å²) in [6.07, 6.45) is 1.03. The number of aromatic nitrogens is 2. The summed E-state index contributed by atoms with van der Waals surface area (Å²) in [5.74, 6) is 0.479. The first-order valence-electron chi connectivity index (χ1n) is 8.16. The quantitative estimate of drug-likeness (QED) is 0.673. The van der Waals surface area contributed by atoms with Gasteiger partial charge in [-0.25, -0.2) is 8.42 Å². The van der Waals surface area contributed by atoms with Crippen LogP contribution >= 0.6 is 35.0 Å². The summed E-state index contributed by atoms with van der Waals surface area (Å²) < 4.78 is 28.6. The Morgan fingerprint density at radius 2 is 2.04 bits per heavy atom. The summed E-state index contributed by atoms with van der Waals surface area (Å²) >= 11 is 13.0. The third-order valence-electron chi connectivity index (χ3n) is 4.02. The Bertz CT molecular complexity index is 929. The predicted octanol–water partition coefficient (Wildman–Crippen LogP) is 3.47. The molecule has 1 aromatic heterocycles. The molecule has 1 aliphatic rings. The molecule has 1 fully saturated rings. The summed E-state index contributed by atoms with van der Waals surface area (Å²) in [4.78, 5) is 12.3. The summed E-state index contributed by atoms with van der Waals surface area (Å²) in [7, 11) is -2.94. The van der Waals surface area contributed by atoms with E-state index in [1.165, 1.54) is 0 Å². The highest BCUT2D eigenvalue weighted by Gasteiger charge is 2.29. The van der Waals surface area contributed by atoms with Crippen molar-refractivity contribution in [3.63, 3.8) is 0 Å². The first kappa shape index (κ1) is 20.4. The molecule has 2 atom stereocenters. The first-order valence-corrected chi connectivity index (χ1v) is 11.6. The fourth-order valence-corrected chi connectivity index (χ4v) is 5.81. The van der Waals surface area contributed by atoms with Crippen molar-refractivity contribution < 1.29 is 17.6 Å². The second kappa shape index (κ2) is 8.38. The second-order valence-corrected chi connectivity index (χ2v) is 10.7. The highest BCUT2D eigenvalue weighted by molar-refractivity contribution is 8.00. The number of amides is 1. The summed E-state index contributed by atoms with van der Waals surface area (Å²) in [5, 5.41) is 11.2. The predicted molar refractivity (Wildman–Crippen MR) is 105 cm³/mol. The Kier molecular flexibility index (Phi) is 6.35. The maximum absolute atomic E-state index is 12.3. The minimum atomic E-state index is -2.94. The lowest BCUT2D eigenvalue weighted by molar-refractivity contribution is -0.115. The van der Waals surface area contributed by atoms with Gasteiger partial charge in [0.1, 0.15) is 0 Å². The number of carbonyl (C=O) groups is 1. The van der Waals surface area contributed by atoms with Gasteiger partial charge in [0.25, 0.3) is 5.22 Å². The average molecular weight is 450 g/mol. The number of rotatable bonds is 6. The molecule has 1 saturated heterocycles. The van der Waals surface area contributed by atoms with Crippen LogP contribution in [0.4, 0.5) is 5.69 Å². The normalized spacial score (nSPS) is 19.7. The second-order valence-electron chi connectivity index (χ2n) is 6.34. The Labute approximate surface area is 171 Å². The molecule has 0 saturated carbocycles. The van der Waals surface area contributed by atoms with Crippen LogP contribution in [0, 0.1) is 5.92 Å². The van der Waals surface area contributed by atoms with Crippen molar-refractivity contribution in [2.24, 2.45) is 5.92 Å². The summed E-state index contributed by atoms with van der Waals surface area (Å²) in [6, 6.07) is 4.78. The van der Waals surface area contributed by atoms with Crippen molar-refractivity contribution >= 4 is 56.4 Å². The number of hydrogen-bond acceptors (Lipinski definition) is 7. The Morgan fingerprint density at radius 3 is 2.67 bits per heavy atom. The zero-order chi connectivity index (χ0) is 19.6. The standard InChI is InChI=1S/C16H17Cl2N3O4S2/c1-9(15(22)19-13-6-11(17)5-12(18)7-13)26-16-21-20-14(25-16)4-10-2-3-27(23,24)8-10/h5-7,9-10H,2-4,8H2,1H3,(H,19,22). The maximum Gasteiger partial charge on any atom is 0.277 e. The number of nitrogens with one attached hydrogen (secondary N) is 1. The van der Waals surface area contributed by atoms with Crippen molar-refractivity contribution in [2.75, 3.05) is 16.8 Å². The highest BCUT2D eigenvalue weighted by atomic mass is 35.5. The van der Waals surface area contributed by atoms with Crippen molar-refractivity contribution in [1.82, 2.24) is 10.2 Å². The number of sulfone groups is 1. The van der Waals surface area contributed by atoms with Gasteiger partial charge in [-0.2, -0.15) is 0 Å². The van der Waals surface area contributed by atoms with Crippen LogP contribution in [0.25, 0.3) is 0 Å². The number of benzene rings is 1. The van der Waals surface area contributed by atoms with Crippen LogP contribution in [0.5, 0.6) is 0 Å². The van der Waals surface area contributed by atoms with E-state index in [1.807, 2.05) is 0 Å². The van der Waals surface area contributed by atoms with Gasteiger partial charge >= 0.3 is 0 Å². The zero-order valence-corrected chi connectivity index (χ0v) is 17.5. The van der Waals surface area contributed by atoms with E-state index >= 15 is 0 Å². The Hall–Kier alpha value is -1.29. The molecule has 146 valence electrons. The van der Waals surface area contributed by atoms with Gasteiger partial charge in [-0.3, -0.25) is 4.79 Å². The van der Waals surface area contributed by atoms with Crippen LogP contribution < -0.4 is 5.32 Å². The van der Waals surface area contributed by atoms with Crippen molar-refractivity contribution in [3.05, 3.63) is 34.1 Å². The molecule has 1 amide bonds. The van der Waals surface area contributed by atoms with Gasteiger partial charge in [-0.15, -0.1) is 10.2 Å². The first-order chi connectivity index (χ1) is 12.7. The topological polar surface area (TPSA) is 102 Å². The minimum Gasteiger partial charge on any atom is -0.416 e. The van der Waals surface area contributed by atoms with E-state index in [0.29, 0.717) is 34.5 Å². The lowest BCUT2D eigenvalue weighted by Crippen LogP contribution is -2.22. The zero-order valence-electron chi connectivity index (χ0n) is 14.3. The molecular weight excluding hydrogens is 433 g/mol. The lowest BCUT2D eigenvalue weighted by atomic mass is 10.1. The van der Waals surface area contributed by atoms with Gasteiger partial charge in [0, 0.05) is 22.2 Å². The fourth-order valence-electron chi connectivity index (χ4n) is 2.72. The number of hydrogen-bond donors (Lipinski definition) is 1. The van der Waals surface area contributed by atoms with Gasteiger partial charge in [-0.1, -0.05) is 35.0 Å². The lowest BCUT2D eigenvalue weighted by Gasteiger charge is -2.10. The molecule has 11 heteroatoms. The molecule has 2 aromatic rings. The average Bonchev–Trinajstić information content (AvgIpc) is 3.12. The SMILES string of the molecule is CC(Sc1nnc(CC2CCS(=O)(=O)C2)o1)C(=O)Nc1cc(Cl)cc(Cl)c1. The molecule has 3 rings (SSSR count). The molecule has 1 N–H and O–H groups in total. The van der Waals surface area contributed by atoms with Crippen molar-refractivity contribution in [2.45, 2.75) is 30.2 Å². The van der Waals surface area contributed by atoms with E-state index < -0.39 is 15.1 Å². The van der Waals surface area contributed by atoms with Crippen LogP contribution in [0.15, 0.2) is 27.8 Å². The van der Waals surface area contributed by atoms with Crippen LogP contribution in [0.3, 0.4) is 0 Å². The van der Waals surface area contributed by atoms with Gasteiger partial charge in [-0.05, 0) is 37.5 Å². The summed E-state index contributed by atoms with van der Waals surface area (Å²) in [5.41, 5.74) is 0.499. The number of nitrogens with zero attached hydrogens (tertiary/aromatic N) is 2. The van der Waals surface area contributed by atoms with Gasteiger partial charge in [0.05, 0.1) is 16.8 Å². The van der Waals surface area contributed by atoms with Crippen molar-refractivity contribution in [1.29, 1.82) is 0 Å². The van der Waals surface area contributed by atoms with Gasteiger partial charge in [0.2, 0.25) is 11.8 Å². The number of halogens is 2. The van der Waals surface area contributed by atoms with E-state index in [0.717, 1.165) is 11.8 Å². The molecule has 1 aliphatic heterocycles. The molecule has 0 radical (unpaired) electrons. The smallest absolute Gasteiger partial charge is 0.277 e. The van der Waals surface area contributed by atoms with E-state index in [4.69, 9.17) is 27.6 Å². The van der Waals surface area contributed by atoms with E-state index in [9.17, 15) is 13.2 Å². The number of carbonyl (C=O) groups excluding carboxylic acids is 1. The van der Waals surface area contributed by atoms with E-state index in [2.05, 4.69) is 15.5 Å². The van der Waals surface area contributed by atoms with Crippen molar-refractivity contribution in [3.8, 4) is 0 Å². The van der Waals surface area contributed by atoms with Gasteiger partial charge in [0.15, 0.2) is 9.84 Å². The highest BCUT2D eigenvalue weighted by Crippen LogP contribution is 2.27. The molecule has 0 spiro atoms. The van der Waals surface area contributed by atoms with E-state index in [-0.39, 0.29) is 28.6 Å². The monoisotopic (exact) mass is 449 g/mol. The molecular formula is C16H17Cl2N3O4S2. The molecule has 27 heavy (non-hydrogen) atoms. The van der Waals surface area contributed by atoms with E-state index in [1.54, 1.807) is 25.1 Å². The Balaban J connectivity index is 1.55. The van der Waals surface area contributed by atoms with Crippen LogP contribution in [0.1, 0.15) is 19.2 Å². The van der Waals surface area contributed by atoms with Crippen LogP contribution in [0.2, 0.25) is 10.0 Å². The maximum atomic E-state index is 12.3. The summed E-state index contributed by atoms with van der Waals surface area (Å²) in [6.45, 7) is 1.71. The minimum absolute atomic E-state index is 0.00148. The van der Waals surface area contributed by atoms with Gasteiger partial charge < -0.3 is 9.73 Å². The Morgan fingerprint density at radius 1 is 1.33 bits per heavy atom. The molecule has 0 aliphatic carbocycles. The molecule has 7 nitrogen and oxygen atoms in total. The third-order valence-corrected chi connectivity index (χ3v) is 7.22. The third kappa shape index (κ3) is 5.84. The molecule has 0 bridgehead atoms. The number of anilines is 1. The molecule has 2 heterocycles. The largest absolute Gasteiger partial charge is 0.416 e. The van der Waals surface area contributed by atoms with Crippen LogP contribution in [-0.2, 0) is 21.1 Å². The molecule has 1 aromatic carbocycles. The molecule has 2 unspecified atom stereocenters.